The Labute approximate surface area is 130 Å². The first-order chi connectivity index (χ1) is 9.99. The molecule has 1 unspecified atom stereocenters. The number of hydrogen-bond donors (Lipinski definition) is 2. The summed E-state index contributed by atoms with van der Waals surface area (Å²) in [5.41, 5.74) is 6.64. The molecule has 0 aromatic heterocycles. The summed E-state index contributed by atoms with van der Waals surface area (Å²) in [7, 11) is 0. The first-order valence-corrected chi connectivity index (χ1v) is 7.73. The molecule has 0 heterocycles. The summed E-state index contributed by atoms with van der Waals surface area (Å²) in [6, 6.07) is 4.85. The van der Waals surface area contributed by atoms with Crippen molar-refractivity contribution in [3.63, 3.8) is 0 Å². The number of carbonyl (C=O) groups excluding carboxylic acids is 2. The van der Waals surface area contributed by atoms with Crippen molar-refractivity contribution in [3.8, 4) is 0 Å². The Morgan fingerprint density at radius 2 is 2.05 bits per heavy atom. The predicted molar refractivity (Wildman–Crippen MR) is 83.5 cm³/mol. The molecule has 1 saturated carbocycles. The predicted octanol–water partition coefficient (Wildman–Crippen LogP) is 2.47. The molecule has 5 heteroatoms. The van der Waals surface area contributed by atoms with Gasteiger partial charge in [0, 0.05) is 12.5 Å². The molecule has 0 bridgehead atoms. The van der Waals surface area contributed by atoms with Crippen LogP contribution in [0.1, 0.15) is 48.5 Å². The number of amides is 1. The number of Topliss-reactive ketones (excluding diaryl/α,β-unsaturated/α-hetero) is 1. The van der Waals surface area contributed by atoms with E-state index in [4.69, 9.17) is 17.3 Å². The minimum atomic E-state index is -0.547. The van der Waals surface area contributed by atoms with E-state index >= 15 is 0 Å². The number of benzene rings is 1. The Morgan fingerprint density at radius 3 is 2.67 bits per heavy atom. The SMILES string of the molecule is CC(N)C(=O)Cc1cccc(Cl)c1C(=O)NC1CCCC1. The van der Waals surface area contributed by atoms with Crippen molar-refractivity contribution in [2.24, 2.45) is 5.73 Å². The van der Waals surface area contributed by atoms with Crippen LogP contribution in [0.4, 0.5) is 0 Å². The maximum atomic E-state index is 12.5. The van der Waals surface area contributed by atoms with E-state index in [1.165, 1.54) is 0 Å². The molecular formula is C16H21ClN2O2. The van der Waals surface area contributed by atoms with Gasteiger partial charge in [-0.1, -0.05) is 36.6 Å². The number of halogens is 1. The lowest BCUT2D eigenvalue weighted by atomic mass is 9.99. The average molecular weight is 309 g/mol. The molecule has 1 aliphatic rings. The highest BCUT2D eigenvalue weighted by Crippen LogP contribution is 2.23. The third-order valence-electron chi connectivity index (χ3n) is 3.89. The smallest absolute Gasteiger partial charge is 0.253 e. The lowest BCUT2D eigenvalue weighted by Crippen LogP contribution is -2.34. The van der Waals surface area contributed by atoms with Crippen molar-refractivity contribution in [1.29, 1.82) is 0 Å². The van der Waals surface area contributed by atoms with E-state index in [2.05, 4.69) is 5.32 Å². The van der Waals surface area contributed by atoms with Gasteiger partial charge in [-0.05, 0) is 31.4 Å². The zero-order valence-electron chi connectivity index (χ0n) is 12.2. The zero-order valence-corrected chi connectivity index (χ0v) is 13.0. The molecule has 4 nitrogen and oxygen atoms in total. The summed E-state index contributed by atoms with van der Waals surface area (Å²) in [4.78, 5) is 24.3. The van der Waals surface area contributed by atoms with Crippen LogP contribution in [0.5, 0.6) is 0 Å². The van der Waals surface area contributed by atoms with Crippen LogP contribution >= 0.6 is 11.6 Å². The van der Waals surface area contributed by atoms with Crippen LogP contribution in [0.2, 0.25) is 5.02 Å². The van der Waals surface area contributed by atoms with Crippen LogP contribution in [0, 0.1) is 0 Å². The highest BCUT2D eigenvalue weighted by Gasteiger charge is 2.22. The van der Waals surface area contributed by atoms with Crippen molar-refractivity contribution in [3.05, 3.63) is 34.3 Å². The number of hydrogen-bond acceptors (Lipinski definition) is 3. The van der Waals surface area contributed by atoms with Gasteiger partial charge in [0.05, 0.1) is 16.6 Å². The Hall–Kier alpha value is -1.39. The fourth-order valence-corrected chi connectivity index (χ4v) is 2.93. The molecule has 0 spiro atoms. The monoisotopic (exact) mass is 308 g/mol. The van der Waals surface area contributed by atoms with Crippen molar-refractivity contribution in [2.45, 2.75) is 51.1 Å². The molecule has 114 valence electrons. The van der Waals surface area contributed by atoms with E-state index in [1.807, 2.05) is 0 Å². The zero-order chi connectivity index (χ0) is 15.4. The standard InChI is InChI=1S/C16H21ClN2O2/c1-10(18)14(20)9-11-5-4-8-13(17)15(11)16(21)19-12-6-2-3-7-12/h4-5,8,10,12H,2-3,6-7,9,18H2,1H3,(H,19,21). The molecule has 1 amide bonds. The topological polar surface area (TPSA) is 72.2 Å². The summed E-state index contributed by atoms with van der Waals surface area (Å²) >= 11 is 6.17. The van der Waals surface area contributed by atoms with Crippen LogP contribution in [0.3, 0.4) is 0 Å². The van der Waals surface area contributed by atoms with Crippen LogP contribution in [-0.2, 0) is 11.2 Å². The Morgan fingerprint density at radius 1 is 1.38 bits per heavy atom. The van der Waals surface area contributed by atoms with Gasteiger partial charge in [-0.15, -0.1) is 0 Å². The van der Waals surface area contributed by atoms with Crippen molar-refractivity contribution in [1.82, 2.24) is 5.32 Å². The maximum Gasteiger partial charge on any atom is 0.253 e. The van der Waals surface area contributed by atoms with Gasteiger partial charge in [0.15, 0.2) is 5.78 Å². The van der Waals surface area contributed by atoms with E-state index < -0.39 is 6.04 Å². The highest BCUT2D eigenvalue weighted by atomic mass is 35.5. The largest absolute Gasteiger partial charge is 0.349 e. The summed E-state index contributed by atoms with van der Waals surface area (Å²) < 4.78 is 0. The van der Waals surface area contributed by atoms with Gasteiger partial charge in [0.25, 0.3) is 5.91 Å². The Bertz CT molecular complexity index is 537. The van der Waals surface area contributed by atoms with Gasteiger partial charge in [-0.25, -0.2) is 0 Å². The molecule has 0 aliphatic heterocycles. The van der Waals surface area contributed by atoms with Crippen LogP contribution in [-0.4, -0.2) is 23.8 Å². The van der Waals surface area contributed by atoms with Gasteiger partial charge in [0.2, 0.25) is 0 Å². The van der Waals surface area contributed by atoms with Gasteiger partial charge in [-0.2, -0.15) is 0 Å². The molecule has 1 aromatic rings. The van der Waals surface area contributed by atoms with E-state index in [9.17, 15) is 9.59 Å². The van der Waals surface area contributed by atoms with Gasteiger partial charge < -0.3 is 11.1 Å². The van der Waals surface area contributed by atoms with Crippen molar-refractivity contribution >= 4 is 23.3 Å². The number of nitrogens with one attached hydrogen (secondary N) is 1. The summed E-state index contributed by atoms with van der Waals surface area (Å²) in [5, 5.41) is 3.39. The molecule has 0 radical (unpaired) electrons. The molecule has 1 atom stereocenters. The van der Waals surface area contributed by atoms with Crippen LogP contribution in [0.25, 0.3) is 0 Å². The second kappa shape index (κ2) is 7.05. The fourth-order valence-electron chi connectivity index (χ4n) is 2.65. The van der Waals surface area contributed by atoms with Gasteiger partial charge >= 0.3 is 0 Å². The van der Waals surface area contributed by atoms with E-state index in [0.717, 1.165) is 25.7 Å². The summed E-state index contributed by atoms with van der Waals surface area (Å²) in [5.74, 6) is -0.299. The molecule has 2 rings (SSSR count). The second-order valence-corrected chi connectivity index (χ2v) is 6.07. The third kappa shape index (κ3) is 4.05. The third-order valence-corrected chi connectivity index (χ3v) is 4.20. The Balaban J connectivity index is 2.20. The maximum absolute atomic E-state index is 12.5. The highest BCUT2D eigenvalue weighted by molar-refractivity contribution is 6.34. The normalized spacial score (nSPS) is 16.7. The number of carbonyl (C=O) groups is 2. The minimum Gasteiger partial charge on any atom is -0.349 e. The summed E-state index contributed by atoms with van der Waals surface area (Å²) in [6.45, 7) is 1.64. The van der Waals surface area contributed by atoms with Crippen molar-refractivity contribution in [2.75, 3.05) is 0 Å². The molecule has 1 aromatic carbocycles. The fraction of sp³-hybridized carbons (Fsp3) is 0.500. The number of ketones is 1. The minimum absolute atomic E-state index is 0.104. The van der Waals surface area contributed by atoms with E-state index in [0.29, 0.717) is 16.1 Å². The first kappa shape index (κ1) is 16.0. The van der Waals surface area contributed by atoms with E-state index in [-0.39, 0.29) is 24.2 Å². The van der Waals surface area contributed by atoms with Crippen LogP contribution in [0.15, 0.2) is 18.2 Å². The Kier molecular flexibility index (Phi) is 5.37. The second-order valence-electron chi connectivity index (χ2n) is 5.66. The lowest BCUT2D eigenvalue weighted by molar-refractivity contribution is -0.119. The molecule has 3 N–H and O–H groups in total. The lowest BCUT2D eigenvalue weighted by Gasteiger charge is -2.16. The van der Waals surface area contributed by atoms with Crippen molar-refractivity contribution < 1.29 is 9.59 Å². The first-order valence-electron chi connectivity index (χ1n) is 7.35. The number of rotatable bonds is 5. The average Bonchev–Trinajstić information content (AvgIpc) is 2.91. The number of nitrogens with two attached hydrogens (primary N) is 1. The van der Waals surface area contributed by atoms with E-state index in [1.54, 1.807) is 25.1 Å². The molecule has 1 aliphatic carbocycles. The summed E-state index contributed by atoms with van der Waals surface area (Å²) in [6.07, 6.45) is 4.42. The van der Waals surface area contributed by atoms with Gasteiger partial charge in [-0.3, -0.25) is 9.59 Å². The molecule has 1 fully saturated rings. The van der Waals surface area contributed by atoms with Crippen LogP contribution < -0.4 is 11.1 Å². The molecular weight excluding hydrogens is 288 g/mol. The molecule has 21 heavy (non-hydrogen) atoms. The van der Waals surface area contributed by atoms with Gasteiger partial charge in [0.1, 0.15) is 0 Å². The quantitative estimate of drug-likeness (QED) is 0.877. The molecule has 0 saturated heterocycles.